The van der Waals surface area contributed by atoms with E-state index in [-0.39, 0.29) is 5.91 Å². The fraction of sp³-hybridized carbons (Fsp3) is 0.207. The normalized spacial score (nSPS) is 13.1. The van der Waals surface area contributed by atoms with Gasteiger partial charge in [-0.3, -0.25) is 4.79 Å². The third kappa shape index (κ3) is 6.42. The number of hydrogen-bond acceptors (Lipinski definition) is 7. The third-order valence-corrected chi connectivity index (χ3v) is 5.82. The van der Waals surface area contributed by atoms with Gasteiger partial charge in [0, 0.05) is 24.8 Å². The number of rotatable bonds is 9. The Kier molecular flexibility index (Phi) is 7.88. The van der Waals surface area contributed by atoms with E-state index in [0.717, 1.165) is 17.1 Å². The molecule has 0 atom stereocenters. The van der Waals surface area contributed by atoms with Crippen LogP contribution in [0.3, 0.4) is 0 Å². The zero-order valence-electron chi connectivity index (χ0n) is 20.4. The number of nitrogens with zero attached hydrogens (tertiary/aromatic N) is 3. The molecule has 1 saturated heterocycles. The lowest BCUT2D eigenvalue weighted by Crippen LogP contribution is -2.37. The van der Waals surface area contributed by atoms with Crippen LogP contribution in [0.1, 0.15) is 10.4 Å². The summed E-state index contributed by atoms with van der Waals surface area (Å²) in [5, 5.41) is 2.92. The van der Waals surface area contributed by atoms with Crippen molar-refractivity contribution in [2.24, 2.45) is 0 Å². The van der Waals surface area contributed by atoms with Crippen LogP contribution in [0.15, 0.2) is 91.1 Å². The lowest BCUT2D eigenvalue weighted by atomic mass is 10.1. The third-order valence-electron chi connectivity index (χ3n) is 5.82. The van der Waals surface area contributed by atoms with Crippen LogP contribution in [0.25, 0.3) is 11.3 Å². The number of para-hydroxylation sites is 2. The van der Waals surface area contributed by atoms with Crippen molar-refractivity contribution in [3.8, 4) is 28.5 Å². The molecule has 0 radical (unpaired) electrons. The smallest absolute Gasteiger partial charge is 0.255 e. The summed E-state index contributed by atoms with van der Waals surface area (Å²) in [6, 6.07) is 26.6. The van der Waals surface area contributed by atoms with Gasteiger partial charge in [0.1, 0.15) is 23.9 Å². The molecule has 0 bridgehead atoms. The second-order valence-corrected chi connectivity index (χ2v) is 8.39. The maximum atomic E-state index is 13.1. The Labute approximate surface area is 215 Å². The quantitative estimate of drug-likeness (QED) is 0.340. The molecule has 8 nitrogen and oxygen atoms in total. The molecule has 0 aliphatic carbocycles. The van der Waals surface area contributed by atoms with Crippen LogP contribution in [-0.2, 0) is 4.74 Å². The first-order valence-electron chi connectivity index (χ1n) is 12.3. The van der Waals surface area contributed by atoms with E-state index in [1.807, 2.05) is 84.9 Å². The van der Waals surface area contributed by atoms with Crippen LogP contribution in [0.4, 0.5) is 5.95 Å². The van der Waals surface area contributed by atoms with Gasteiger partial charge in [0.05, 0.1) is 31.0 Å². The molecule has 3 aromatic carbocycles. The van der Waals surface area contributed by atoms with E-state index in [1.165, 1.54) is 0 Å². The number of amides is 1. The molecule has 188 valence electrons. The molecule has 8 heteroatoms. The molecule has 1 fully saturated rings. The zero-order valence-corrected chi connectivity index (χ0v) is 20.4. The van der Waals surface area contributed by atoms with Gasteiger partial charge >= 0.3 is 0 Å². The second kappa shape index (κ2) is 12.0. The summed E-state index contributed by atoms with van der Waals surface area (Å²) in [4.78, 5) is 24.5. The Morgan fingerprint density at radius 2 is 1.51 bits per heavy atom. The molecule has 4 aromatic rings. The maximum absolute atomic E-state index is 13.1. The highest BCUT2D eigenvalue weighted by atomic mass is 16.5. The van der Waals surface area contributed by atoms with Crippen molar-refractivity contribution in [2.75, 3.05) is 44.4 Å². The van der Waals surface area contributed by atoms with Gasteiger partial charge in [-0.2, -0.15) is 0 Å². The molecule has 1 aliphatic rings. The highest BCUT2D eigenvalue weighted by Gasteiger charge is 2.20. The van der Waals surface area contributed by atoms with Crippen molar-refractivity contribution in [1.29, 1.82) is 0 Å². The molecule has 1 aliphatic heterocycles. The van der Waals surface area contributed by atoms with E-state index < -0.39 is 0 Å². The minimum Gasteiger partial charge on any atom is -0.492 e. The monoisotopic (exact) mass is 496 g/mol. The van der Waals surface area contributed by atoms with Gasteiger partial charge in [-0.05, 0) is 48.5 Å². The summed E-state index contributed by atoms with van der Waals surface area (Å²) >= 11 is 0. The Morgan fingerprint density at radius 1 is 0.865 bits per heavy atom. The van der Waals surface area contributed by atoms with Gasteiger partial charge < -0.3 is 24.4 Å². The highest BCUT2D eigenvalue weighted by Crippen LogP contribution is 2.28. The number of hydrogen-bond donors (Lipinski definition) is 1. The SMILES string of the molecule is O=C(NCCOc1ccccc1)c1cnc(N2CCOCC2)nc1-c1ccc(Oc2ccccc2)cc1. The van der Waals surface area contributed by atoms with Crippen molar-refractivity contribution >= 4 is 11.9 Å². The van der Waals surface area contributed by atoms with Crippen molar-refractivity contribution in [1.82, 2.24) is 15.3 Å². The summed E-state index contributed by atoms with van der Waals surface area (Å²) in [6.45, 7) is 3.34. The standard InChI is InChI=1S/C29H28N4O4/c34-28(30-15-18-36-23-7-3-1-4-8-23)26-21-31-29(33-16-19-35-20-17-33)32-27(26)22-11-13-25(14-12-22)37-24-9-5-2-6-10-24/h1-14,21H,15-20H2,(H,30,34). The van der Waals surface area contributed by atoms with Crippen LogP contribution in [-0.4, -0.2) is 55.3 Å². The molecule has 5 rings (SSSR count). The van der Waals surface area contributed by atoms with Crippen molar-refractivity contribution < 1.29 is 19.0 Å². The van der Waals surface area contributed by atoms with Crippen molar-refractivity contribution in [3.05, 3.63) is 96.7 Å². The van der Waals surface area contributed by atoms with Gasteiger partial charge in [0.2, 0.25) is 5.95 Å². The summed E-state index contributed by atoms with van der Waals surface area (Å²) in [5.74, 6) is 2.52. The Hall–Kier alpha value is -4.43. The van der Waals surface area contributed by atoms with E-state index in [9.17, 15) is 4.79 Å². The fourth-order valence-corrected chi connectivity index (χ4v) is 3.93. The summed E-state index contributed by atoms with van der Waals surface area (Å²) < 4.78 is 17.1. The predicted molar refractivity (Wildman–Crippen MR) is 141 cm³/mol. The maximum Gasteiger partial charge on any atom is 0.255 e. The number of ether oxygens (including phenoxy) is 3. The van der Waals surface area contributed by atoms with Gasteiger partial charge in [0.25, 0.3) is 5.91 Å². The number of nitrogens with one attached hydrogen (secondary N) is 1. The first-order chi connectivity index (χ1) is 18.3. The van der Waals surface area contributed by atoms with Gasteiger partial charge in [-0.25, -0.2) is 9.97 Å². The second-order valence-electron chi connectivity index (χ2n) is 8.39. The van der Waals surface area contributed by atoms with Crippen LogP contribution in [0.2, 0.25) is 0 Å². The van der Waals surface area contributed by atoms with Crippen molar-refractivity contribution in [3.63, 3.8) is 0 Å². The first kappa shape index (κ1) is 24.3. The fourth-order valence-electron chi connectivity index (χ4n) is 3.93. The molecule has 0 saturated carbocycles. The summed E-state index contributed by atoms with van der Waals surface area (Å²) in [7, 11) is 0. The topological polar surface area (TPSA) is 85.8 Å². The van der Waals surface area contributed by atoms with Crippen molar-refractivity contribution in [2.45, 2.75) is 0 Å². The largest absolute Gasteiger partial charge is 0.492 e. The average Bonchev–Trinajstić information content (AvgIpc) is 2.97. The number of anilines is 1. The lowest BCUT2D eigenvalue weighted by molar-refractivity contribution is 0.0946. The van der Waals surface area contributed by atoms with E-state index >= 15 is 0 Å². The van der Waals surface area contributed by atoms with Gasteiger partial charge in [-0.15, -0.1) is 0 Å². The van der Waals surface area contributed by atoms with Crippen LogP contribution >= 0.6 is 0 Å². The molecule has 0 unspecified atom stereocenters. The zero-order chi connectivity index (χ0) is 25.3. The van der Waals surface area contributed by atoms with Crippen LogP contribution in [0, 0.1) is 0 Å². The van der Waals surface area contributed by atoms with Gasteiger partial charge in [0.15, 0.2) is 0 Å². The minimum absolute atomic E-state index is 0.259. The molecular weight excluding hydrogens is 468 g/mol. The minimum atomic E-state index is -0.259. The number of benzene rings is 3. The first-order valence-corrected chi connectivity index (χ1v) is 12.3. The lowest BCUT2D eigenvalue weighted by Gasteiger charge is -2.27. The van der Waals surface area contributed by atoms with Crippen LogP contribution < -0.4 is 19.7 Å². The molecule has 1 aromatic heterocycles. The Balaban J connectivity index is 1.34. The molecule has 37 heavy (non-hydrogen) atoms. The highest BCUT2D eigenvalue weighted by molar-refractivity contribution is 5.99. The van der Waals surface area contributed by atoms with Crippen LogP contribution in [0.5, 0.6) is 17.2 Å². The number of carbonyl (C=O) groups is 1. The van der Waals surface area contributed by atoms with Gasteiger partial charge in [-0.1, -0.05) is 36.4 Å². The summed E-state index contributed by atoms with van der Waals surface area (Å²) in [5.41, 5.74) is 1.75. The Bertz CT molecular complexity index is 1290. The van der Waals surface area contributed by atoms with E-state index in [2.05, 4.69) is 15.2 Å². The predicted octanol–water partition coefficient (Wildman–Crippen LogP) is 4.58. The molecule has 0 spiro atoms. The molecular formula is C29H28N4O4. The molecule has 2 heterocycles. The molecule has 1 amide bonds. The Morgan fingerprint density at radius 3 is 2.22 bits per heavy atom. The van der Waals surface area contributed by atoms with E-state index in [4.69, 9.17) is 19.2 Å². The number of carbonyl (C=O) groups excluding carboxylic acids is 1. The summed E-state index contributed by atoms with van der Waals surface area (Å²) in [6.07, 6.45) is 1.59. The number of morpholine rings is 1. The van der Waals surface area contributed by atoms with E-state index in [0.29, 0.717) is 62.4 Å². The van der Waals surface area contributed by atoms with E-state index in [1.54, 1.807) is 6.20 Å². The molecule has 1 N–H and O–H groups in total. The average molecular weight is 497 g/mol. The number of aromatic nitrogens is 2.